The molecule has 96 valence electrons. The second-order valence-corrected chi connectivity index (χ2v) is 5.76. The van der Waals surface area contributed by atoms with Crippen LogP contribution in [-0.4, -0.2) is 16.9 Å². The van der Waals surface area contributed by atoms with Crippen LogP contribution >= 0.6 is 11.3 Å². The summed E-state index contributed by atoms with van der Waals surface area (Å²) in [7, 11) is 0. The topological polar surface area (TPSA) is 68.0 Å². The van der Waals surface area contributed by atoms with E-state index in [1.165, 1.54) is 11.3 Å². The van der Waals surface area contributed by atoms with Gasteiger partial charge in [-0.3, -0.25) is 4.79 Å². The fraction of sp³-hybridized carbons (Fsp3) is 0.667. The summed E-state index contributed by atoms with van der Waals surface area (Å²) in [6, 6.07) is -0.459. The molecular weight excluding hydrogens is 234 g/mol. The van der Waals surface area contributed by atoms with Gasteiger partial charge in [0.2, 0.25) is 5.91 Å². The van der Waals surface area contributed by atoms with Crippen LogP contribution in [0.5, 0.6) is 0 Å². The monoisotopic (exact) mass is 255 g/mol. The van der Waals surface area contributed by atoms with E-state index in [9.17, 15) is 4.79 Å². The van der Waals surface area contributed by atoms with Crippen molar-refractivity contribution in [3.8, 4) is 0 Å². The van der Waals surface area contributed by atoms with Crippen molar-refractivity contribution in [1.82, 2.24) is 10.3 Å². The van der Waals surface area contributed by atoms with Gasteiger partial charge in [0.05, 0.1) is 11.6 Å². The van der Waals surface area contributed by atoms with Crippen LogP contribution in [0.2, 0.25) is 0 Å². The smallest absolute Gasteiger partial charge is 0.237 e. The third-order valence-electron chi connectivity index (χ3n) is 2.96. The number of amides is 1. The van der Waals surface area contributed by atoms with Gasteiger partial charge < -0.3 is 11.1 Å². The molecule has 0 aliphatic rings. The molecule has 0 radical (unpaired) electrons. The predicted octanol–water partition coefficient (Wildman–Crippen LogP) is 1.87. The predicted molar refractivity (Wildman–Crippen MR) is 70.7 cm³/mol. The second-order valence-electron chi connectivity index (χ2n) is 4.86. The first-order chi connectivity index (χ1) is 7.88. The van der Waals surface area contributed by atoms with Crippen molar-refractivity contribution < 1.29 is 4.79 Å². The van der Waals surface area contributed by atoms with E-state index in [4.69, 9.17) is 5.73 Å². The number of nitrogens with zero attached hydrogens (tertiary/aromatic N) is 1. The molecule has 1 unspecified atom stereocenters. The van der Waals surface area contributed by atoms with Crippen molar-refractivity contribution in [2.45, 2.75) is 45.7 Å². The van der Waals surface area contributed by atoms with Gasteiger partial charge in [0.15, 0.2) is 0 Å². The highest BCUT2D eigenvalue weighted by molar-refractivity contribution is 7.09. The largest absolute Gasteiger partial charge is 0.343 e. The van der Waals surface area contributed by atoms with Crippen molar-refractivity contribution in [2.75, 3.05) is 0 Å². The second kappa shape index (κ2) is 5.60. The van der Waals surface area contributed by atoms with Gasteiger partial charge in [0.25, 0.3) is 0 Å². The van der Waals surface area contributed by atoms with E-state index in [0.717, 1.165) is 11.4 Å². The molecule has 0 saturated heterocycles. The number of nitrogens with one attached hydrogen (secondary N) is 1. The third kappa shape index (κ3) is 3.51. The lowest BCUT2D eigenvalue weighted by molar-refractivity contribution is -0.125. The Morgan fingerprint density at radius 2 is 2.29 bits per heavy atom. The van der Waals surface area contributed by atoms with E-state index in [-0.39, 0.29) is 11.8 Å². The number of nitrogens with two attached hydrogens (primary N) is 1. The van der Waals surface area contributed by atoms with E-state index in [1.807, 2.05) is 33.1 Å². The molecule has 5 heteroatoms. The number of aromatic nitrogens is 1. The molecule has 4 nitrogen and oxygen atoms in total. The third-order valence-corrected chi connectivity index (χ3v) is 4.06. The molecule has 3 N–H and O–H groups in total. The van der Waals surface area contributed by atoms with Crippen LogP contribution < -0.4 is 11.1 Å². The van der Waals surface area contributed by atoms with Crippen LogP contribution in [0.15, 0.2) is 11.6 Å². The minimum absolute atomic E-state index is 0.112. The van der Waals surface area contributed by atoms with E-state index < -0.39 is 11.6 Å². The minimum Gasteiger partial charge on any atom is -0.343 e. The van der Waals surface area contributed by atoms with Crippen LogP contribution in [0.1, 0.15) is 39.1 Å². The fourth-order valence-corrected chi connectivity index (χ4v) is 2.21. The molecule has 1 aromatic rings. The van der Waals surface area contributed by atoms with Crippen LogP contribution in [-0.2, 0) is 10.3 Å². The van der Waals surface area contributed by atoms with Gasteiger partial charge in [-0.1, -0.05) is 20.3 Å². The molecule has 1 aromatic heterocycles. The van der Waals surface area contributed by atoms with E-state index in [2.05, 4.69) is 10.3 Å². The molecule has 0 bridgehead atoms. The van der Waals surface area contributed by atoms with Crippen molar-refractivity contribution in [2.24, 2.45) is 11.7 Å². The lowest BCUT2D eigenvalue weighted by Crippen LogP contribution is -2.51. The Labute approximate surface area is 107 Å². The SMILES string of the molecule is CCC(C)[C@H](N)C(=O)NC(C)(C)c1nccs1. The van der Waals surface area contributed by atoms with E-state index >= 15 is 0 Å². The Hall–Kier alpha value is -0.940. The summed E-state index contributed by atoms with van der Waals surface area (Å²) < 4.78 is 0. The summed E-state index contributed by atoms with van der Waals surface area (Å²) in [6.45, 7) is 7.89. The Balaban J connectivity index is 2.68. The normalized spacial score (nSPS) is 15.4. The van der Waals surface area contributed by atoms with E-state index in [1.54, 1.807) is 6.20 Å². The van der Waals surface area contributed by atoms with Gasteiger partial charge in [0, 0.05) is 11.6 Å². The van der Waals surface area contributed by atoms with Crippen molar-refractivity contribution in [3.63, 3.8) is 0 Å². The Kier molecular flexibility index (Phi) is 4.65. The van der Waals surface area contributed by atoms with Gasteiger partial charge in [-0.2, -0.15) is 0 Å². The maximum absolute atomic E-state index is 12.0. The molecule has 17 heavy (non-hydrogen) atoms. The maximum atomic E-state index is 12.0. The van der Waals surface area contributed by atoms with Gasteiger partial charge >= 0.3 is 0 Å². The van der Waals surface area contributed by atoms with Crippen molar-refractivity contribution in [3.05, 3.63) is 16.6 Å². The highest BCUT2D eigenvalue weighted by Crippen LogP contribution is 2.22. The van der Waals surface area contributed by atoms with E-state index in [0.29, 0.717) is 0 Å². The van der Waals surface area contributed by atoms with Crippen LogP contribution in [0.4, 0.5) is 0 Å². The summed E-state index contributed by atoms with van der Waals surface area (Å²) in [6.07, 6.45) is 2.63. The average Bonchev–Trinajstić information content (AvgIpc) is 2.80. The fourth-order valence-electron chi connectivity index (χ4n) is 1.49. The summed E-state index contributed by atoms with van der Waals surface area (Å²) in [5.74, 6) is 0.0710. The molecule has 1 amide bonds. The Bertz CT molecular complexity index is 362. The first-order valence-electron chi connectivity index (χ1n) is 5.86. The highest BCUT2D eigenvalue weighted by atomic mass is 32.1. The zero-order chi connectivity index (χ0) is 13.1. The maximum Gasteiger partial charge on any atom is 0.237 e. The molecule has 1 rings (SSSR count). The molecular formula is C12H21N3OS. The lowest BCUT2D eigenvalue weighted by Gasteiger charge is -2.27. The highest BCUT2D eigenvalue weighted by Gasteiger charge is 2.29. The van der Waals surface area contributed by atoms with Gasteiger partial charge in [-0.25, -0.2) is 4.98 Å². The molecule has 2 atom stereocenters. The van der Waals surface area contributed by atoms with Crippen LogP contribution in [0, 0.1) is 5.92 Å². The summed E-state index contributed by atoms with van der Waals surface area (Å²) in [4.78, 5) is 16.2. The average molecular weight is 255 g/mol. The zero-order valence-electron chi connectivity index (χ0n) is 10.9. The summed E-state index contributed by atoms with van der Waals surface area (Å²) >= 11 is 1.53. The molecule has 0 aromatic carbocycles. The number of thiazole rings is 1. The molecule has 0 spiro atoms. The van der Waals surface area contributed by atoms with Crippen LogP contribution in [0.3, 0.4) is 0 Å². The minimum atomic E-state index is -0.462. The number of carbonyl (C=O) groups excluding carboxylic acids is 1. The first-order valence-corrected chi connectivity index (χ1v) is 6.74. The lowest BCUT2D eigenvalue weighted by atomic mass is 9.97. The first kappa shape index (κ1) is 14.1. The quantitative estimate of drug-likeness (QED) is 0.844. The van der Waals surface area contributed by atoms with Gasteiger partial charge in [-0.15, -0.1) is 11.3 Å². The van der Waals surface area contributed by atoms with Gasteiger partial charge in [-0.05, 0) is 19.8 Å². The van der Waals surface area contributed by atoms with Crippen molar-refractivity contribution in [1.29, 1.82) is 0 Å². The number of rotatable bonds is 5. The summed E-state index contributed by atoms with van der Waals surface area (Å²) in [5, 5.41) is 5.75. The van der Waals surface area contributed by atoms with Gasteiger partial charge in [0.1, 0.15) is 5.01 Å². The Morgan fingerprint density at radius 1 is 1.65 bits per heavy atom. The van der Waals surface area contributed by atoms with Crippen molar-refractivity contribution >= 4 is 17.2 Å². The number of carbonyl (C=O) groups is 1. The number of hydrogen-bond acceptors (Lipinski definition) is 4. The molecule has 0 saturated carbocycles. The molecule has 0 aliphatic carbocycles. The zero-order valence-corrected chi connectivity index (χ0v) is 11.7. The molecule has 0 fully saturated rings. The standard InChI is InChI=1S/C12H21N3OS/c1-5-8(2)9(13)10(16)15-12(3,4)11-14-6-7-17-11/h6-9H,5,13H2,1-4H3,(H,15,16)/t8?,9-/m0/s1. The van der Waals surface area contributed by atoms with Crippen LogP contribution in [0.25, 0.3) is 0 Å². The molecule has 0 aliphatic heterocycles. The number of hydrogen-bond donors (Lipinski definition) is 2. The summed E-state index contributed by atoms with van der Waals surface area (Å²) in [5.41, 5.74) is 5.44. The Morgan fingerprint density at radius 3 is 2.76 bits per heavy atom. The molecule has 1 heterocycles.